The van der Waals surface area contributed by atoms with Gasteiger partial charge >= 0.3 is 5.97 Å². The maximum atomic E-state index is 11.8. The molecule has 0 saturated heterocycles. The lowest BCUT2D eigenvalue weighted by Gasteiger charge is -2.07. The maximum absolute atomic E-state index is 11.8. The number of carbonyl (C=O) groups is 1. The van der Waals surface area contributed by atoms with Gasteiger partial charge in [0.05, 0.1) is 6.61 Å². The highest BCUT2D eigenvalue weighted by molar-refractivity contribution is 5.90. The SMILES string of the molecule is CCOC(=O)c1nnc2ncnn2c1/C=C/N(C)C. The third kappa shape index (κ3) is 2.67. The second-order valence-electron chi connectivity index (χ2n) is 3.91. The Morgan fingerprint density at radius 2 is 2.26 bits per heavy atom. The van der Waals surface area contributed by atoms with Crippen LogP contribution in [0.4, 0.5) is 0 Å². The zero-order valence-corrected chi connectivity index (χ0v) is 10.9. The van der Waals surface area contributed by atoms with Crippen molar-refractivity contribution in [3.05, 3.63) is 23.9 Å². The van der Waals surface area contributed by atoms with Crippen molar-refractivity contribution in [2.24, 2.45) is 0 Å². The lowest BCUT2D eigenvalue weighted by molar-refractivity contribution is 0.0517. The Morgan fingerprint density at radius 3 is 2.95 bits per heavy atom. The van der Waals surface area contributed by atoms with Crippen LogP contribution in [0, 0.1) is 0 Å². The summed E-state index contributed by atoms with van der Waals surface area (Å²) in [5, 5.41) is 11.7. The van der Waals surface area contributed by atoms with Gasteiger partial charge in [0.2, 0.25) is 0 Å². The number of fused-ring (bicyclic) bond motifs is 1. The number of hydrogen-bond acceptors (Lipinski definition) is 7. The van der Waals surface area contributed by atoms with E-state index in [1.54, 1.807) is 19.2 Å². The predicted molar refractivity (Wildman–Crippen MR) is 67.3 cm³/mol. The maximum Gasteiger partial charge on any atom is 0.361 e. The standard InChI is InChI=1S/C11H14N6O2/c1-4-19-10(18)9-8(5-6-16(2)3)17-11(15-14-9)12-7-13-17/h5-7H,4H2,1-3H3/b6-5+. The van der Waals surface area contributed by atoms with Gasteiger partial charge in [0.15, 0.2) is 5.69 Å². The van der Waals surface area contributed by atoms with Gasteiger partial charge in [-0.3, -0.25) is 0 Å². The van der Waals surface area contributed by atoms with E-state index in [9.17, 15) is 4.79 Å². The van der Waals surface area contributed by atoms with Gasteiger partial charge in [-0.25, -0.2) is 4.79 Å². The first-order chi connectivity index (χ1) is 9.13. The second kappa shape index (κ2) is 5.42. The van der Waals surface area contributed by atoms with Crippen LogP contribution < -0.4 is 0 Å². The molecule has 2 heterocycles. The molecule has 0 aliphatic heterocycles. The van der Waals surface area contributed by atoms with Gasteiger partial charge in [-0.15, -0.1) is 10.2 Å². The molecule has 8 heteroatoms. The number of aromatic nitrogens is 5. The summed E-state index contributed by atoms with van der Waals surface area (Å²) in [6, 6.07) is 0. The second-order valence-corrected chi connectivity index (χ2v) is 3.91. The van der Waals surface area contributed by atoms with Crippen molar-refractivity contribution in [3.63, 3.8) is 0 Å². The third-order valence-corrected chi connectivity index (χ3v) is 2.24. The number of rotatable bonds is 4. The molecular weight excluding hydrogens is 248 g/mol. The van der Waals surface area contributed by atoms with E-state index in [4.69, 9.17) is 4.74 Å². The molecule has 19 heavy (non-hydrogen) atoms. The summed E-state index contributed by atoms with van der Waals surface area (Å²) in [5.74, 6) is -0.211. The first-order valence-corrected chi connectivity index (χ1v) is 5.71. The predicted octanol–water partition coefficient (Wildman–Crippen LogP) is 0.228. The number of hydrogen-bond donors (Lipinski definition) is 0. The van der Waals surface area contributed by atoms with Gasteiger partial charge in [0.1, 0.15) is 12.0 Å². The quantitative estimate of drug-likeness (QED) is 0.729. The number of nitrogens with zero attached hydrogens (tertiary/aromatic N) is 6. The average molecular weight is 262 g/mol. The highest BCUT2D eigenvalue weighted by atomic mass is 16.5. The number of carbonyl (C=O) groups excluding carboxylic acids is 1. The molecule has 100 valence electrons. The van der Waals surface area contributed by atoms with Gasteiger partial charge in [0, 0.05) is 20.3 Å². The van der Waals surface area contributed by atoms with Crippen LogP contribution in [-0.2, 0) is 4.74 Å². The Kier molecular flexibility index (Phi) is 3.69. The summed E-state index contributed by atoms with van der Waals surface area (Å²) < 4.78 is 6.39. The van der Waals surface area contributed by atoms with Crippen LogP contribution >= 0.6 is 0 Å². The zero-order valence-electron chi connectivity index (χ0n) is 10.9. The van der Waals surface area contributed by atoms with Gasteiger partial charge in [-0.1, -0.05) is 0 Å². The molecule has 2 aromatic heterocycles. The normalized spacial score (nSPS) is 11.1. The van der Waals surface area contributed by atoms with Crippen LogP contribution in [0.3, 0.4) is 0 Å². The van der Waals surface area contributed by atoms with Gasteiger partial charge in [-0.05, 0) is 13.0 Å². The van der Waals surface area contributed by atoms with Gasteiger partial charge < -0.3 is 9.64 Å². The molecule has 2 rings (SSSR count). The van der Waals surface area contributed by atoms with E-state index in [0.29, 0.717) is 11.5 Å². The van der Waals surface area contributed by atoms with Crippen LogP contribution in [0.5, 0.6) is 0 Å². The van der Waals surface area contributed by atoms with Gasteiger partial charge in [0.25, 0.3) is 5.78 Å². The minimum atomic E-state index is -0.536. The topological polar surface area (TPSA) is 85.5 Å². The summed E-state index contributed by atoms with van der Waals surface area (Å²) in [5.41, 5.74) is 0.590. The largest absolute Gasteiger partial charge is 0.461 e. The molecule has 0 amide bonds. The Balaban J connectivity index is 2.55. The molecule has 0 aliphatic carbocycles. The molecule has 2 aromatic rings. The molecule has 0 bridgehead atoms. The number of ether oxygens (including phenoxy) is 1. The molecule has 0 fully saturated rings. The van der Waals surface area contributed by atoms with Crippen molar-refractivity contribution < 1.29 is 9.53 Å². The van der Waals surface area contributed by atoms with Crippen LogP contribution in [-0.4, -0.2) is 56.4 Å². The molecule has 0 spiro atoms. The van der Waals surface area contributed by atoms with Crippen LogP contribution in [0.15, 0.2) is 12.5 Å². The molecule has 0 aromatic carbocycles. The van der Waals surface area contributed by atoms with Crippen LogP contribution in [0.2, 0.25) is 0 Å². The highest BCUT2D eigenvalue weighted by Crippen LogP contribution is 2.10. The van der Waals surface area contributed by atoms with Gasteiger partial charge in [-0.2, -0.15) is 14.6 Å². The van der Waals surface area contributed by atoms with Crippen molar-refractivity contribution in [1.82, 2.24) is 29.7 Å². The molecule has 8 nitrogen and oxygen atoms in total. The Bertz CT molecular complexity index is 619. The summed E-state index contributed by atoms with van der Waals surface area (Å²) in [7, 11) is 3.74. The molecule has 0 radical (unpaired) electrons. The van der Waals surface area contributed by atoms with E-state index in [1.165, 1.54) is 10.8 Å². The highest BCUT2D eigenvalue weighted by Gasteiger charge is 2.18. The summed E-state index contributed by atoms with van der Waals surface area (Å²) in [6.45, 7) is 2.00. The number of esters is 1. The minimum absolute atomic E-state index is 0.109. The fraction of sp³-hybridized carbons (Fsp3) is 0.364. The Labute approximate surface area is 109 Å². The lowest BCUT2D eigenvalue weighted by atomic mass is 10.3. The van der Waals surface area contributed by atoms with Crippen molar-refractivity contribution in [3.8, 4) is 0 Å². The third-order valence-electron chi connectivity index (χ3n) is 2.24. The molecule has 0 N–H and O–H groups in total. The van der Waals surface area contributed by atoms with E-state index in [2.05, 4.69) is 20.3 Å². The van der Waals surface area contributed by atoms with E-state index in [0.717, 1.165) is 0 Å². The summed E-state index contributed by atoms with van der Waals surface area (Å²) in [4.78, 5) is 17.6. The van der Waals surface area contributed by atoms with E-state index in [1.807, 2.05) is 19.0 Å². The van der Waals surface area contributed by atoms with Crippen molar-refractivity contribution in [1.29, 1.82) is 0 Å². The zero-order chi connectivity index (χ0) is 13.8. The fourth-order valence-corrected chi connectivity index (χ4v) is 1.43. The molecular formula is C11H14N6O2. The van der Waals surface area contributed by atoms with Crippen LogP contribution in [0.1, 0.15) is 23.1 Å². The van der Waals surface area contributed by atoms with Crippen molar-refractivity contribution in [2.75, 3.05) is 20.7 Å². The van der Waals surface area contributed by atoms with E-state index >= 15 is 0 Å². The average Bonchev–Trinajstić information content (AvgIpc) is 2.84. The summed E-state index contributed by atoms with van der Waals surface area (Å²) >= 11 is 0. The minimum Gasteiger partial charge on any atom is -0.461 e. The molecule has 0 atom stereocenters. The lowest BCUT2D eigenvalue weighted by Crippen LogP contribution is -2.14. The van der Waals surface area contributed by atoms with E-state index < -0.39 is 5.97 Å². The first-order valence-electron chi connectivity index (χ1n) is 5.71. The molecule has 0 aliphatic rings. The molecule has 0 saturated carbocycles. The Hall–Kier alpha value is -2.51. The smallest absolute Gasteiger partial charge is 0.361 e. The van der Waals surface area contributed by atoms with E-state index in [-0.39, 0.29) is 12.3 Å². The monoisotopic (exact) mass is 262 g/mol. The van der Waals surface area contributed by atoms with Crippen molar-refractivity contribution in [2.45, 2.75) is 6.92 Å². The Morgan fingerprint density at radius 1 is 1.47 bits per heavy atom. The fourth-order valence-electron chi connectivity index (χ4n) is 1.43. The first kappa shape index (κ1) is 12.9. The molecule has 0 unspecified atom stereocenters. The van der Waals surface area contributed by atoms with Crippen LogP contribution in [0.25, 0.3) is 11.9 Å². The summed E-state index contributed by atoms with van der Waals surface area (Å²) in [6.07, 6.45) is 4.84. The van der Waals surface area contributed by atoms with Crippen molar-refractivity contribution >= 4 is 17.8 Å².